The standard InChI is InChI=1S/C13H12N4O2S/c1-2-5-10-15-16-13(20-10)14-12(18)11-8-6-3-4-7-9(8)17-19-11/h3-4,6-7H,2,5H2,1H3,(H,14,16,18). The number of anilines is 1. The Morgan fingerprint density at radius 1 is 1.35 bits per heavy atom. The number of aromatic nitrogens is 3. The van der Waals surface area contributed by atoms with Gasteiger partial charge in [-0.25, -0.2) is 0 Å². The van der Waals surface area contributed by atoms with E-state index in [0.717, 1.165) is 17.8 Å². The highest BCUT2D eigenvalue weighted by molar-refractivity contribution is 7.15. The van der Waals surface area contributed by atoms with E-state index in [-0.39, 0.29) is 11.7 Å². The molecule has 1 aromatic carbocycles. The lowest BCUT2D eigenvalue weighted by Crippen LogP contribution is -2.11. The molecule has 0 aliphatic heterocycles. The zero-order valence-electron chi connectivity index (χ0n) is 10.8. The molecule has 2 aromatic heterocycles. The maximum Gasteiger partial charge on any atom is 0.296 e. The fraction of sp³-hybridized carbons (Fsp3) is 0.231. The van der Waals surface area contributed by atoms with Crippen LogP contribution in [0, 0.1) is 0 Å². The highest BCUT2D eigenvalue weighted by Gasteiger charge is 2.17. The first-order valence-corrected chi connectivity index (χ1v) is 7.07. The molecule has 0 aliphatic rings. The van der Waals surface area contributed by atoms with Gasteiger partial charge in [0, 0.05) is 6.42 Å². The van der Waals surface area contributed by atoms with Crippen LogP contribution in [0.5, 0.6) is 0 Å². The highest BCUT2D eigenvalue weighted by atomic mass is 32.1. The van der Waals surface area contributed by atoms with Gasteiger partial charge in [-0.3, -0.25) is 10.1 Å². The predicted octanol–water partition coefficient (Wildman–Crippen LogP) is 2.88. The Kier molecular flexibility index (Phi) is 3.42. The summed E-state index contributed by atoms with van der Waals surface area (Å²) in [5.41, 5.74) is 0.654. The van der Waals surface area contributed by atoms with Crippen molar-refractivity contribution in [2.75, 3.05) is 5.32 Å². The van der Waals surface area contributed by atoms with Crippen molar-refractivity contribution in [1.29, 1.82) is 0 Å². The van der Waals surface area contributed by atoms with Crippen LogP contribution >= 0.6 is 11.3 Å². The van der Waals surface area contributed by atoms with Gasteiger partial charge in [0.15, 0.2) is 0 Å². The van der Waals surface area contributed by atoms with Crippen LogP contribution in [0.3, 0.4) is 0 Å². The monoisotopic (exact) mass is 288 g/mol. The number of nitrogens with one attached hydrogen (secondary N) is 1. The lowest BCUT2D eigenvalue weighted by atomic mass is 10.2. The second-order valence-corrected chi connectivity index (χ2v) is 5.30. The summed E-state index contributed by atoms with van der Waals surface area (Å²) >= 11 is 1.37. The first-order valence-electron chi connectivity index (χ1n) is 6.26. The maximum atomic E-state index is 12.2. The van der Waals surface area contributed by atoms with Gasteiger partial charge in [0.2, 0.25) is 10.9 Å². The van der Waals surface area contributed by atoms with Crippen molar-refractivity contribution in [3.63, 3.8) is 0 Å². The molecule has 0 aliphatic carbocycles. The number of amides is 1. The van der Waals surface area contributed by atoms with Gasteiger partial charge < -0.3 is 4.52 Å². The summed E-state index contributed by atoms with van der Waals surface area (Å²) in [5, 5.41) is 16.5. The second-order valence-electron chi connectivity index (χ2n) is 4.23. The molecule has 2 heterocycles. The number of hydrogen-bond donors (Lipinski definition) is 1. The average molecular weight is 288 g/mol. The quantitative estimate of drug-likeness (QED) is 0.798. The van der Waals surface area contributed by atoms with E-state index < -0.39 is 0 Å². The third-order valence-corrected chi connectivity index (χ3v) is 3.64. The minimum Gasteiger partial charge on any atom is -0.350 e. The summed E-state index contributed by atoms with van der Waals surface area (Å²) in [7, 11) is 0. The van der Waals surface area contributed by atoms with Gasteiger partial charge in [-0.2, -0.15) is 0 Å². The van der Waals surface area contributed by atoms with E-state index in [4.69, 9.17) is 4.52 Å². The Morgan fingerprint density at radius 2 is 2.20 bits per heavy atom. The van der Waals surface area contributed by atoms with Gasteiger partial charge >= 0.3 is 0 Å². The fourth-order valence-corrected chi connectivity index (χ4v) is 2.66. The molecule has 3 rings (SSSR count). The third kappa shape index (κ3) is 2.39. The smallest absolute Gasteiger partial charge is 0.296 e. The molecule has 6 nitrogen and oxygen atoms in total. The fourth-order valence-electron chi connectivity index (χ4n) is 1.83. The van der Waals surface area contributed by atoms with E-state index >= 15 is 0 Å². The molecular weight excluding hydrogens is 276 g/mol. The first kappa shape index (κ1) is 12.7. The summed E-state index contributed by atoms with van der Waals surface area (Å²) < 4.78 is 5.10. The Morgan fingerprint density at radius 3 is 3.05 bits per heavy atom. The maximum absolute atomic E-state index is 12.2. The summed E-state index contributed by atoms with van der Waals surface area (Å²) in [5.74, 6) is -0.175. The molecule has 0 saturated heterocycles. The number of rotatable bonds is 4. The molecule has 0 fully saturated rings. The largest absolute Gasteiger partial charge is 0.350 e. The Labute approximate surface area is 118 Å². The molecule has 0 bridgehead atoms. The molecule has 0 unspecified atom stereocenters. The van der Waals surface area contributed by atoms with Crippen LogP contribution in [0.15, 0.2) is 28.8 Å². The first-order chi connectivity index (χ1) is 9.78. The van der Waals surface area contributed by atoms with Crippen LogP contribution in [0.4, 0.5) is 5.13 Å². The SMILES string of the molecule is CCCc1nnc(NC(=O)c2onc3ccccc23)s1. The van der Waals surface area contributed by atoms with E-state index in [2.05, 4.69) is 27.6 Å². The number of fused-ring (bicyclic) bond motifs is 1. The van der Waals surface area contributed by atoms with E-state index in [1.165, 1.54) is 11.3 Å². The number of carbonyl (C=O) groups is 1. The van der Waals surface area contributed by atoms with E-state index in [9.17, 15) is 4.79 Å². The van der Waals surface area contributed by atoms with Crippen molar-refractivity contribution in [1.82, 2.24) is 15.4 Å². The molecule has 0 spiro atoms. The second kappa shape index (κ2) is 5.38. The molecule has 0 saturated carbocycles. The third-order valence-electron chi connectivity index (χ3n) is 2.74. The molecule has 7 heteroatoms. The normalized spacial score (nSPS) is 10.8. The van der Waals surface area contributed by atoms with Crippen molar-refractivity contribution in [3.05, 3.63) is 35.0 Å². The van der Waals surface area contributed by atoms with Gasteiger partial charge in [0.05, 0.1) is 5.39 Å². The molecule has 0 radical (unpaired) electrons. The Hall–Kier alpha value is -2.28. The summed E-state index contributed by atoms with van der Waals surface area (Å²) in [6, 6.07) is 7.26. The van der Waals surface area contributed by atoms with E-state index in [1.54, 1.807) is 12.1 Å². The highest BCUT2D eigenvalue weighted by Crippen LogP contribution is 2.21. The molecule has 20 heavy (non-hydrogen) atoms. The van der Waals surface area contributed by atoms with Crippen LogP contribution in [-0.4, -0.2) is 21.3 Å². The van der Waals surface area contributed by atoms with Crippen molar-refractivity contribution in [2.45, 2.75) is 19.8 Å². The van der Waals surface area contributed by atoms with Gasteiger partial charge in [0.25, 0.3) is 5.91 Å². The van der Waals surface area contributed by atoms with Crippen molar-refractivity contribution in [3.8, 4) is 0 Å². The number of hydrogen-bond acceptors (Lipinski definition) is 6. The van der Waals surface area contributed by atoms with Crippen LogP contribution in [0.25, 0.3) is 10.9 Å². The zero-order chi connectivity index (χ0) is 13.9. The van der Waals surface area contributed by atoms with Crippen LogP contribution in [-0.2, 0) is 6.42 Å². The van der Waals surface area contributed by atoms with Gasteiger partial charge in [-0.05, 0) is 18.6 Å². The average Bonchev–Trinajstić information content (AvgIpc) is 3.06. The van der Waals surface area contributed by atoms with Crippen molar-refractivity contribution >= 4 is 33.3 Å². The van der Waals surface area contributed by atoms with Gasteiger partial charge in [-0.15, -0.1) is 10.2 Å². The Bertz CT molecular complexity index is 750. The summed E-state index contributed by atoms with van der Waals surface area (Å²) in [6.45, 7) is 2.07. The van der Waals surface area contributed by atoms with Crippen LogP contribution < -0.4 is 5.32 Å². The number of benzene rings is 1. The number of carbonyl (C=O) groups excluding carboxylic acids is 1. The molecule has 0 atom stereocenters. The van der Waals surface area contributed by atoms with Crippen LogP contribution in [0.2, 0.25) is 0 Å². The lowest BCUT2D eigenvalue weighted by Gasteiger charge is -1.96. The molecular formula is C13H12N4O2S. The zero-order valence-corrected chi connectivity index (χ0v) is 11.6. The number of aryl methyl sites for hydroxylation is 1. The predicted molar refractivity (Wildman–Crippen MR) is 75.9 cm³/mol. The molecule has 3 aromatic rings. The summed E-state index contributed by atoms with van der Waals surface area (Å²) in [6.07, 6.45) is 1.86. The Balaban J connectivity index is 1.81. The summed E-state index contributed by atoms with van der Waals surface area (Å²) in [4.78, 5) is 12.2. The van der Waals surface area contributed by atoms with Crippen LogP contribution in [0.1, 0.15) is 28.9 Å². The molecule has 102 valence electrons. The van der Waals surface area contributed by atoms with Gasteiger partial charge in [0.1, 0.15) is 10.5 Å². The molecule has 1 amide bonds. The lowest BCUT2D eigenvalue weighted by molar-refractivity contribution is 0.0990. The van der Waals surface area contributed by atoms with Crippen molar-refractivity contribution in [2.24, 2.45) is 0 Å². The van der Waals surface area contributed by atoms with Crippen molar-refractivity contribution < 1.29 is 9.32 Å². The number of nitrogens with zero attached hydrogens (tertiary/aromatic N) is 3. The topological polar surface area (TPSA) is 80.9 Å². The minimum absolute atomic E-state index is 0.188. The minimum atomic E-state index is -0.363. The molecule has 1 N–H and O–H groups in total. The van der Waals surface area contributed by atoms with E-state index in [0.29, 0.717) is 16.0 Å². The van der Waals surface area contributed by atoms with E-state index in [1.807, 2.05) is 12.1 Å². The van der Waals surface area contributed by atoms with Gasteiger partial charge in [-0.1, -0.05) is 35.5 Å².